The van der Waals surface area contributed by atoms with Gasteiger partial charge in [0.1, 0.15) is 31.3 Å². The zero-order valence-electron chi connectivity index (χ0n) is 18.8. The van der Waals surface area contributed by atoms with Crippen molar-refractivity contribution in [3.63, 3.8) is 0 Å². The Morgan fingerprint density at radius 3 is 2.36 bits per heavy atom. The summed E-state index contributed by atoms with van der Waals surface area (Å²) in [4.78, 5) is 16.9. The van der Waals surface area contributed by atoms with E-state index in [2.05, 4.69) is 29.4 Å². The van der Waals surface area contributed by atoms with Crippen LogP contribution in [0.4, 0.5) is 0 Å². The van der Waals surface area contributed by atoms with Gasteiger partial charge < -0.3 is 19.0 Å². The highest BCUT2D eigenvalue weighted by Crippen LogP contribution is 2.26. The molecule has 1 unspecified atom stereocenters. The molecular weight excluding hydrogens is 418 g/mol. The molecule has 0 spiro atoms. The van der Waals surface area contributed by atoms with Crippen LogP contribution >= 0.6 is 0 Å². The fourth-order valence-corrected chi connectivity index (χ4v) is 3.99. The predicted octanol–water partition coefficient (Wildman–Crippen LogP) is 4.73. The Hall–Kier alpha value is -3.80. The van der Waals surface area contributed by atoms with Gasteiger partial charge in [-0.2, -0.15) is 0 Å². The summed E-state index contributed by atoms with van der Waals surface area (Å²) >= 11 is 0. The van der Waals surface area contributed by atoms with Crippen LogP contribution in [0.3, 0.4) is 0 Å². The number of carbonyl (C=O) groups excluding carboxylic acids is 1. The maximum Gasteiger partial charge on any atom is 0.360 e. The standard InChI is InChI=1S/C27H27NO5/c1-30-27(29)26(28-31-2)25-10-6-5-9-21(25)18-32-22-13-15-23(16-14-22)33-24-12-11-19-7-3-4-8-20(19)17-24/h3-10,13-16,24H,11-12,17-18H2,1-2H3/b28-26+. The molecule has 0 fully saturated rings. The Morgan fingerprint density at radius 1 is 0.909 bits per heavy atom. The number of fused-ring (bicyclic) bond motifs is 1. The summed E-state index contributed by atoms with van der Waals surface area (Å²) in [5.41, 5.74) is 4.28. The lowest BCUT2D eigenvalue weighted by molar-refractivity contribution is -0.132. The third-order valence-electron chi connectivity index (χ3n) is 5.66. The summed E-state index contributed by atoms with van der Waals surface area (Å²) in [7, 11) is 2.69. The summed E-state index contributed by atoms with van der Waals surface area (Å²) < 4.78 is 17.0. The van der Waals surface area contributed by atoms with E-state index in [0.717, 1.165) is 30.6 Å². The van der Waals surface area contributed by atoms with Crippen LogP contribution in [0.1, 0.15) is 28.7 Å². The minimum absolute atomic E-state index is 0.0944. The van der Waals surface area contributed by atoms with Gasteiger partial charge in [-0.1, -0.05) is 53.7 Å². The van der Waals surface area contributed by atoms with Gasteiger partial charge in [-0.3, -0.25) is 0 Å². The van der Waals surface area contributed by atoms with Crippen LogP contribution in [0.2, 0.25) is 0 Å². The number of aryl methyl sites for hydroxylation is 1. The molecule has 0 N–H and O–H groups in total. The predicted molar refractivity (Wildman–Crippen MR) is 126 cm³/mol. The molecule has 1 atom stereocenters. The highest BCUT2D eigenvalue weighted by molar-refractivity contribution is 6.43. The Kier molecular flexibility index (Phi) is 7.25. The molecule has 33 heavy (non-hydrogen) atoms. The fraction of sp³-hybridized carbons (Fsp3) is 0.259. The third kappa shape index (κ3) is 5.52. The Bertz CT molecular complexity index is 1120. The van der Waals surface area contributed by atoms with Crippen molar-refractivity contribution in [3.05, 3.63) is 95.1 Å². The smallest absolute Gasteiger partial charge is 0.360 e. The molecule has 0 bridgehead atoms. The molecule has 0 amide bonds. The van der Waals surface area contributed by atoms with E-state index in [1.54, 1.807) is 6.07 Å². The molecule has 0 saturated heterocycles. The number of esters is 1. The molecule has 1 aliphatic rings. The van der Waals surface area contributed by atoms with E-state index in [4.69, 9.17) is 19.0 Å². The maximum absolute atomic E-state index is 12.1. The van der Waals surface area contributed by atoms with Gasteiger partial charge >= 0.3 is 5.97 Å². The molecular formula is C27H27NO5. The van der Waals surface area contributed by atoms with Gasteiger partial charge in [0.05, 0.1) is 7.11 Å². The number of hydrogen-bond donors (Lipinski definition) is 0. The van der Waals surface area contributed by atoms with Gasteiger partial charge in [0.2, 0.25) is 0 Å². The van der Waals surface area contributed by atoms with Crippen molar-refractivity contribution >= 4 is 11.7 Å². The van der Waals surface area contributed by atoms with E-state index >= 15 is 0 Å². The Labute approximate surface area is 193 Å². The lowest BCUT2D eigenvalue weighted by atomic mass is 9.90. The number of benzene rings is 3. The minimum atomic E-state index is -0.573. The van der Waals surface area contributed by atoms with Crippen LogP contribution in [0.25, 0.3) is 0 Å². The molecule has 6 heteroatoms. The van der Waals surface area contributed by atoms with Gasteiger partial charge in [-0.05, 0) is 53.8 Å². The number of rotatable bonds is 8. The van der Waals surface area contributed by atoms with Crippen LogP contribution in [0, 0.1) is 0 Å². The molecule has 170 valence electrons. The quantitative estimate of drug-likeness (QED) is 0.285. The molecule has 0 aliphatic heterocycles. The van der Waals surface area contributed by atoms with Crippen LogP contribution < -0.4 is 9.47 Å². The van der Waals surface area contributed by atoms with Gasteiger partial charge in [0, 0.05) is 12.0 Å². The summed E-state index contributed by atoms with van der Waals surface area (Å²) in [6.45, 7) is 0.259. The van der Waals surface area contributed by atoms with E-state index in [1.165, 1.54) is 25.3 Å². The van der Waals surface area contributed by atoms with Crippen LogP contribution in [0.15, 0.2) is 78.0 Å². The van der Waals surface area contributed by atoms with Crippen LogP contribution in [-0.2, 0) is 33.8 Å². The van der Waals surface area contributed by atoms with Crippen molar-refractivity contribution in [2.24, 2.45) is 5.16 Å². The lowest BCUT2D eigenvalue weighted by Crippen LogP contribution is -2.25. The molecule has 0 saturated carbocycles. The van der Waals surface area contributed by atoms with E-state index in [-0.39, 0.29) is 18.4 Å². The molecule has 0 aromatic heterocycles. The number of carbonyl (C=O) groups is 1. The molecule has 0 heterocycles. The SMILES string of the molecule is CO/N=C(/C(=O)OC)c1ccccc1COc1ccc(OC2CCc3ccccc3C2)cc1. The normalized spacial score (nSPS) is 15.3. The van der Waals surface area contributed by atoms with E-state index in [1.807, 2.05) is 42.5 Å². The lowest BCUT2D eigenvalue weighted by Gasteiger charge is -2.25. The van der Waals surface area contributed by atoms with Gasteiger partial charge in [-0.25, -0.2) is 4.79 Å². The first kappa shape index (κ1) is 22.4. The number of nitrogens with zero attached hydrogens (tertiary/aromatic N) is 1. The highest BCUT2D eigenvalue weighted by atomic mass is 16.6. The number of hydrogen-bond acceptors (Lipinski definition) is 6. The minimum Gasteiger partial charge on any atom is -0.490 e. The Morgan fingerprint density at radius 2 is 1.61 bits per heavy atom. The van der Waals surface area contributed by atoms with Gasteiger partial charge in [-0.15, -0.1) is 0 Å². The van der Waals surface area contributed by atoms with Crippen molar-refractivity contribution in [3.8, 4) is 11.5 Å². The van der Waals surface area contributed by atoms with Gasteiger partial charge in [0.15, 0.2) is 5.71 Å². The average molecular weight is 446 g/mol. The summed E-state index contributed by atoms with van der Waals surface area (Å²) in [5, 5.41) is 3.83. The highest BCUT2D eigenvalue weighted by Gasteiger charge is 2.20. The molecule has 6 nitrogen and oxygen atoms in total. The van der Waals surface area contributed by atoms with Crippen molar-refractivity contribution in [1.82, 2.24) is 0 Å². The zero-order chi connectivity index (χ0) is 23.0. The summed E-state index contributed by atoms with van der Waals surface area (Å²) in [6, 6.07) is 23.5. The molecule has 0 radical (unpaired) electrons. The molecule has 3 aromatic rings. The van der Waals surface area contributed by atoms with Crippen molar-refractivity contribution in [1.29, 1.82) is 0 Å². The van der Waals surface area contributed by atoms with Crippen molar-refractivity contribution < 1.29 is 23.8 Å². The summed E-state index contributed by atoms with van der Waals surface area (Å²) in [5.74, 6) is 0.956. The third-order valence-corrected chi connectivity index (χ3v) is 5.66. The number of methoxy groups -OCH3 is 1. The van der Waals surface area contributed by atoms with Crippen molar-refractivity contribution in [2.45, 2.75) is 32.0 Å². The second kappa shape index (κ2) is 10.7. The van der Waals surface area contributed by atoms with E-state index in [9.17, 15) is 4.79 Å². The fourth-order valence-electron chi connectivity index (χ4n) is 3.99. The first-order chi connectivity index (χ1) is 16.2. The number of ether oxygens (including phenoxy) is 3. The van der Waals surface area contributed by atoms with E-state index in [0.29, 0.717) is 11.3 Å². The first-order valence-electron chi connectivity index (χ1n) is 10.9. The monoisotopic (exact) mass is 445 g/mol. The number of oxime groups is 1. The molecule has 4 rings (SSSR count). The topological polar surface area (TPSA) is 66.4 Å². The first-order valence-corrected chi connectivity index (χ1v) is 10.9. The zero-order valence-corrected chi connectivity index (χ0v) is 18.8. The second-order valence-corrected chi connectivity index (χ2v) is 7.78. The largest absolute Gasteiger partial charge is 0.490 e. The molecule has 3 aromatic carbocycles. The second-order valence-electron chi connectivity index (χ2n) is 7.78. The van der Waals surface area contributed by atoms with Gasteiger partial charge in [0.25, 0.3) is 0 Å². The van der Waals surface area contributed by atoms with Crippen molar-refractivity contribution in [2.75, 3.05) is 14.2 Å². The van der Waals surface area contributed by atoms with E-state index < -0.39 is 5.97 Å². The average Bonchev–Trinajstić information content (AvgIpc) is 2.86. The summed E-state index contributed by atoms with van der Waals surface area (Å²) in [6.07, 6.45) is 3.16. The maximum atomic E-state index is 12.1. The van der Waals surface area contributed by atoms with Crippen LogP contribution in [-0.4, -0.2) is 32.0 Å². The Balaban J connectivity index is 1.39. The van der Waals surface area contributed by atoms with Crippen LogP contribution in [0.5, 0.6) is 11.5 Å². The molecule has 1 aliphatic carbocycles.